The zero-order chi connectivity index (χ0) is 21.5. The molecule has 0 aliphatic heterocycles. The monoisotopic (exact) mass is 429 g/mol. The smallest absolute Gasteiger partial charge is 0.211 e. The summed E-state index contributed by atoms with van der Waals surface area (Å²) < 4.78 is 40.3. The standard InChI is InChI=1S/C21H36FN3O3S/c1-4-5-10-29(27,28)25-19-8-6-16(7-9-19)12-21(2,3)24-15-20(26)17-11-18(22)14-23-13-17/h11,13-14,16,19-20,24-26H,4-10,12,15H2,1-3H3/t16-,19-,20-/m0/s1. The SMILES string of the molecule is CCCCS(=O)(=O)N[C@H]1CC[C@H](CC(C)(C)NC[C@H](O)c2cncc(F)c2)CC1. The molecule has 3 N–H and O–H groups in total. The van der Waals surface area contributed by atoms with Gasteiger partial charge < -0.3 is 10.4 Å². The number of pyridine rings is 1. The third-order valence-electron chi connectivity index (χ3n) is 5.64. The highest BCUT2D eigenvalue weighted by atomic mass is 32.2. The first-order chi connectivity index (χ1) is 13.6. The highest BCUT2D eigenvalue weighted by Crippen LogP contribution is 2.31. The Kier molecular flexibility index (Phi) is 9.00. The van der Waals surface area contributed by atoms with Crippen LogP contribution in [0.25, 0.3) is 0 Å². The van der Waals surface area contributed by atoms with Crippen molar-refractivity contribution in [1.29, 1.82) is 0 Å². The van der Waals surface area contributed by atoms with E-state index in [1.165, 1.54) is 12.3 Å². The molecule has 1 atom stereocenters. The number of hydrogen-bond donors (Lipinski definition) is 3. The fourth-order valence-corrected chi connectivity index (χ4v) is 5.56. The summed E-state index contributed by atoms with van der Waals surface area (Å²) in [6.07, 6.45) is 8.00. The van der Waals surface area contributed by atoms with E-state index in [0.717, 1.165) is 44.7 Å². The lowest BCUT2D eigenvalue weighted by atomic mass is 9.79. The first kappa shape index (κ1) is 24.2. The predicted octanol–water partition coefficient (Wildman–Crippen LogP) is 3.29. The van der Waals surface area contributed by atoms with Crippen LogP contribution in [0.15, 0.2) is 18.5 Å². The van der Waals surface area contributed by atoms with Crippen LogP contribution in [0.5, 0.6) is 0 Å². The summed E-state index contributed by atoms with van der Waals surface area (Å²) >= 11 is 0. The fraction of sp³-hybridized carbons (Fsp3) is 0.762. The predicted molar refractivity (Wildman–Crippen MR) is 113 cm³/mol. The van der Waals surface area contributed by atoms with Crippen molar-refractivity contribution < 1.29 is 17.9 Å². The molecular formula is C21H36FN3O3S. The topological polar surface area (TPSA) is 91.3 Å². The van der Waals surface area contributed by atoms with Crippen LogP contribution >= 0.6 is 0 Å². The zero-order valence-corrected chi connectivity index (χ0v) is 18.6. The van der Waals surface area contributed by atoms with Gasteiger partial charge in [-0.3, -0.25) is 4.98 Å². The van der Waals surface area contributed by atoms with Gasteiger partial charge in [-0.1, -0.05) is 13.3 Å². The van der Waals surface area contributed by atoms with E-state index >= 15 is 0 Å². The molecule has 0 radical (unpaired) electrons. The molecule has 0 aromatic carbocycles. The van der Waals surface area contributed by atoms with E-state index in [1.807, 2.05) is 6.92 Å². The molecule has 1 saturated carbocycles. The molecule has 1 aromatic heterocycles. The van der Waals surface area contributed by atoms with Crippen molar-refractivity contribution in [3.63, 3.8) is 0 Å². The van der Waals surface area contributed by atoms with Gasteiger partial charge in [-0.2, -0.15) is 0 Å². The average Bonchev–Trinajstić information content (AvgIpc) is 2.66. The van der Waals surface area contributed by atoms with Gasteiger partial charge in [-0.05, 0) is 64.4 Å². The van der Waals surface area contributed by atoms with Crippen LogP contribution in [0, 0.1) is 11.7 Å². The number of nitrogens with one attached hydrogen (secondary N) is 2. The Morgan fingerprint density at radius 3 is 2.59 bits per heavy atom. The number of β-amino-alcohol motifs (C(OH)–C–C–N with tert-alkyl or cyclic N) is 1. The van der Waals surface area contributed by atoms with Crippen LogP contribution in [-0.4, -0.2) is 42.4 Å². The molecule has 6 nitrogen and oxygen atoms in total. The Bertz CT molecular complexity index is 734. The normalized spacial score (nSPS) is 21.8. The van der Waals surface area contributed by atoms with Gasteiger partial charge in [0.25, 0.3) is 0 Å². The number of unbranched alkanes of at least 4 members (excludes halogenated alkanes) is 1. The summed E-state index contributed by atoms with van der Waals surface area (Å²) in [5, 5.41) is 13.7. The van der Waals surface area contributed by atoms with E-state index in [4.69, 9.17) is 0 Å². The summed E-state index contributed by atoms with van der Waals surface area (Å²) in [7, 11) is -3.17. The Morgan fingerprint density at radius 1 is 1.28 bits per heavy atom. The van der Waals surface area contributed by atoms with Crippen molar-refractivity contribution in [2.45, 2.75) is 83.4 Å². The summed E-state index contributed by atoms with van der Waals surface area (Å²) in [5.41, 5.74) is 0.282. The second kappa shape index (κ2) is 10.8. The number of sulfonamides is 1. The van der Waals surface area contributed by atoms with Crippen LogP contribution < -0.4 is 10.0 Å². The summed E-state index contributed by atoms with van der Waals surface area (Å²) in [4.78, 5) is 3.78. The minimum absolute atomic E-state index is 0.0477. The molecule has 1 heterocycles. The molecule has 0 unspecified atom stereocenters. The fourth-order valence-electron chi connectivity index (χ4n) is 4.03. The molecule has 0 saturated heterocycles. The van der Waals surface area contributed by atoms with Crippen molar-refractivity contribution >= 4 is 10.0 Å². The van der Waals surface area contributed by atoms with E-state index in [2.05, 4.69) is 28.9 Å². The minimum Gasteiger partial charge on any atom is -0.387 e. The van der Waals surface area contributed by atoms with Gasteiger partial charge >= 0.3 is 0 Å². The number of aromatic nitrogens is 1. The van der Waals surface area contributed by atoms with Gasteiger partial charge in [0.2, 0.25) is 10.0 Å². The zero-order valence-electron chi connectivity index (χ0n) is 17.8. The number of nitrogens with zero attached hydrogens (tertiary/aromatic N) is 1. The molecule has 8 heteroatoms. The van der Waals surface area contributed by atoms with Gasteiger partial charge in [0, 0.05) is 29.9 Å². The van der Waals surface area contributed by atoms with Crippen molar-refractivity contribution in [3.05, 3.63) is 29.8 Å². The Hall–Kier alpha value is -1.09. The molecule has 0 amide bonds. The van der Waals surface area contributed by atoms with Crippen LogP contribution in [-0.2, 0) is 10.0 Å². The molecule has 166 valence electrons. The van der Waals surface area contributed by atoms with E-state index in [0.29, 0.717) is 24.4 Å². The number of rotatable bonds is 11. The minimum atomic E-state index is -3.17. The molecule has 0 spiro atoms. The Morgan fingerprint density at radius 2 is 1.97 bits per heavy atom. The first-order valence-electron chi connectivity index (χ1n) is 10.6. The van der Waals surface area contributed by atoms with E-state index < -0.39 is 21.9 Å². The van der Waals surface area contributed by atoms with E-state index in [-0.39, 0.29) is 17.3 Å². The maximum Gasteiger partial charge on any atom is 0.211 e. The molecule has 1 aliphatic rings. The van der Waals surface area contributed by atoms with Crippen molar-refractivity contribution in [2.75, 3.05) is 12.3 Å². The molecule has 2 rings (SSSR count). The third-order valence-corrected chi connectivity index (χ3v) is 7.16. The molecule has 1 aromatic rings. The van der Waals surface area contributed by atoms with Crippen molar-refractivity contribution in [2.24, 2.45) is 5.92 Å². The van der Waals surface area contributed by atoms with E-state index in [9.17, 15) is 17.9 Å². The highest BCUT2D eigenvalue weighted by molar-refractivity contribution is 7.89. The second-order valence-corrected chi connectivity index (χ2v) is 10.8. The average molecular weight is 430 g/mol. The first-order valence-corrected chi connectivity index (χ1v) is 12.3. The lowest BCUT2D eigenvalue weighted by Crippen LogP contribution is -2.44. The maximum absolute atomic E-state index is 13.3. The number of aliphatic hydroxyl groups excluding tert-OH is 1. The Labute approximate surface area is 174 Å². The van der Waals surface area contributed by atoms with Crippen molar-refractivity contribution in [3.8, 4) is 0 Å². The van der Waals surface area contributed by atoms with Gasteiger partial charge in [0.05, 0.1) is 18.1 Å². The van der Waals surface area contributed by atoms with Crippen LogP contribution in [0.4, 0.5) is 4.39 Å². The lowest BCUT2D eigenvalue weighted by molar-refractivity contribution is 0.149. The molecule has 1 fully saturated rings. The number of hydrogen-bond acceptors (Lipinski definition) is 5. The molecule has 0 bridgehead atoms. The summed E-state index contributed by atoms with van der Waals surface area (Å²) in [6, 6.07) is 1.35. The van der Waals surface area contributed by atoms with Crippen LogP contribution in [0.2, 0.25) is 0 Å². The highest BCUT2D eigenvalue weighted by Gasteiger charge is 2.29. The lowest BCUT2D eigenvalue weighted by Gasteiger charge is -2.35. The Balaban J connectivity index is 1.75. The molecular weight excluding hydrogens is 393 g/mol. The van der Waals surface area contributed by atoms with Gasteiger partial charge in [-0.15, -0.1) is 0 Å². The quantitative estimate of drug-likeness (QED) is 0.502. The second-order valence-electron chi connectivity index (χ2n) is 8.93. The molecule has 29 heavy (non-hydrogen) atoms. The van der Waals surface area contributed by atoms with Crippen molar-refractivity contribution in [1.82, 2.24) is 15.0 Å². The van der Waals surface area contributed by atoms with Gasteiger partial charge in [0.15, 0.2) is 0 Å². The van der Waals surface area contributed by atoms with Gasteiger partial charge in [0.1, 0.15) is 5.82 Å². The van der Waals surface area contributed by atoms with E-state index in [1.54, 1.807) is 0 Å². The van der Waals surface area contributed by atoms with Crippen LogP contribution in [0.1, 0.15) is 77.4 Å². The summed E-state index contributed by atoms with van der Waals surface area (Å²) in [5.74, 6) is 0.272. The number of halogens is 1. The molecule has 1 aliphatic carbocycles. The maximum atomic E-state index is 13.3. The largest absolute Gasteiger partial charge is 0.387 e. The third kappa shape index (κ3) is 8.66. The number of aliphatic hydroxyl groups is 1. The van der Waals surface area contributed by atoms with Crippen LogP contribution in [0.3, 0.4) is 0 Å². The van der Waals surface area contributed by atoms with Gasteiger partial charge in [-0.25, -0.2) is 17.5 Å². The summed E-state index contributed by atoms with van der Waals surface area (Å²) in [6.45, 7) is 6.52.